The lowest BCUT2D eigenvalue weighted by atomic mass is 10.1. The molecule has 0 amide bonds. The molecule has 0 unspecified atom stereocenters. The van der Waals surface area contributed by atoms with Crippen LogP contribution in [0.1, 0.15) is 5.56 Å². The van der Waals surface area contributed by atoms with Gasteiger partial charge in [0, 0.05) is 10.2 Å². The highest BCUT2D eigenvalue weighted by atomic mass is 79.9. The number of rotatable bonds is 4. The number of nitrogens with zero attached hydrogens (tertiary/aromatic N) is 2. The first kappa shape index (κ1) is 19.7. The Kier molecular flexibility index (Phi) is 5.41. The first-order valence-corrected chi connectivity index (χ1v) is 12.2. The van der Waals surface area contributed by atoms with E-state index in [2.05, 4.69) is 20.9 Å². The Morgan fingerprint density at radius 3 is 2.82 bits per heavy atom. The van der Waals surface area contributed by atoms with Crippen LogP contribution in [-0.4, -0.2) is 44.3 Å². The summed E-state index contributed by atoms with van der Waals surface area (Å²) in [5, 5.41) is 0.691. The molecule has 4 rings (SSSR count). The number of halogens is 2. The van der Waals surface area contributed by atoms with Crippen LogP contribution in [-0.2, 0) is 15.6 Å². The standard InChI is InChI=1S/C19H18BrFN2O3S2/c1-26-18-5-3-2-4-16(18)23-17-11-28(24,25)10-15(17)22-19(23)27-9-12-6-7-13(20)8-14(12)21/h2-8,15,17H,9-11H2,1H3/t15-,17-/m0/s1. The molecule has 2 aromatic rings. The normalized spacial score (nSPS) is 22.8. The topological polar surface area (TPSA) is 59.0 Å². The van der Waals surface area contributed by atoms with Crippen LogP contribution in [0, 0.1) is 5.82 Å². The van der Waals surface area contributed by atoms with E-state index in [4.69, 9.17) is 4.74 Å². The smallest absolute Gasteiger partial charge is 0.164 e. The van der Waals surface area contributed by atoms with E-state index in [0.29, 0.717) is 26.7 Å². The Labute approximate surface area is 176 Å². The molecule has 2 aromatic carbocycles. The zero-order valence-corrected chi connectivity index (χ0v) is 18.2. The number of aliphatic imine (C=N–C) groups is 1. The average Bonchev–Trinajstić information content (AvgIpc) is 3.12. The number of thioether (sulfide) groups is 1. The van der Waals surface area contributed by atoms with E-state index >= 15 is 0 Å². The quantitative estimate of drug-likeness (QED) is 0.658. The third kappa shape index (κ3) is 3.79. The van der Waals surface area contributed by atoms with E-state index in [9.17, 15) is 12.8 Å². The summed E-state index contributed by atoms with van der Waals surface area (Å²) in [7, 11) is -1.55. The summed E-state index contributed by atoms with van der Waals surface area (Å²) < 4.78 is 44.7. The van der Waals surface area contributed by atoms with Crippen LogP contribution in [0.5, 0.6) is 5.75 Å². The minimum Gasteiger partial charge on any atom is -0.495 e. The molecular formula is C19H18BrFN2O3S2. The maximum Gasteiger partial charge on any atom is 0.164 e. The largest absolute Gasteiger partial charge is 0.495 e. The van der Waals surface area contributed by atoms with Gasteiger partial charge in [0.05, 0.1) is 36.4 Å². The van der Waals surface area contributed by atoms with Crippen molar-refractivity contribution < 1.29 is 17.5 Å². The van der Waals surface area contributed by atoms with Gasteiger partial charge in [-0.05, 0) is 29.8 Å². The second-order valence-electron chi connectivity index (χ2n) is 6.69. The minimum atomic E-state index is -3.13. The van der Waals surface area contributed by atoms with Crippen molar-refractivity contribution in [3.05, 3.63) is 58.3 Å². The monoisotopic (exact) mass is 484 g/mol. The number of para-hydroxylation sites is 2. The molecule has 0 radical (unpaired) electrons. The molecule has 1 fully saturated rings. The highest BCUT2D eigenvalue weighted by Gasteiger charge is 2.47. The summed E-state index contributed by atoms with van der Waals surface area (Å²) in [6, 6.07) is 11.9. The molecule has 1 saturated heterocycles. The molecule has 0 saturated carbocycles. The zero-order chi connectivity index (χ0) is 19.9. The van der Waals surface area contributed by atoms with Gasteiger partial charge < -0.3 is 9.64 Å². The number of amidine groups is 1. The molecule has 2 aliphatic rings. The van der Waals surface area contributed by atoms with E-state index in [1.54, 1.807) is 19.2 Å². The van der Waals surface area contributed by atoms with Crippen molar-refractivity contribution in [3.8, 4) is 5.75 Å². The maximum absolute atomic E-state index is 14.2. The van der Waals surface area contributed by atoms with Crippen LogP contribution in [0.3, 0.4) is 0 Å². The van der Waals surface area contributed by atoms with Crippen molar-refractivity contribution in [1.29, 1.82) is 0 Å². The van der Waals surface area contributed by atoms with Crippen molar-refractivity contribution in [2.75, 3.05) is 23.5 Å². The number of fused-ring (bicyclic) bond motifs is 1. The number of hydrogen-bond acceptors (Lipinski definition) is 6. The van der Waals surface area contributed by atoms with Gasteiger partial charge in [-0.25, -0.2) is 12.8 Å². The number of benzene rings is 2. The van der Waals surface area contributed by atoms with Gasteiger partial charge in [-0.3, -0.25) is 4.99 Å². The lowest BCUT2D eigenvalue weighted by molar-refractivity contribution is 0.415. The Morgan fingerprint density at radius 1 is 1.29 bits per heavy atom. The van der Waals surface area contributed by atoms with Crippen LogP contribution in [0.15, 0.2) is 51.9 Å². The molecule has 0 aromatic heterocycles. The highest BCUT2D eigenvalue weighted by Crippen LogP contribution is 2.40. The van der Waals surface area contributed by atoms with Crippen molar-refractivity contribution in [3.63, 3.8) is 0 Å². The summed E-state index contributed by atoms with van der Waals surface area (Å²) in [6.45, 7) is 0. The van der Waals surface area contributed by atoms with Crippen LogP contribution in [0.4, 0.5) is 10.1 Å². The molecule has 0 bridgehead atoms. The van der Waals surface area contributed by atoms with E-state index in [-0.39, 0.29) is 29.4 Å². The molecule has 0 aliphatic carbocycles. The number of sulfone groups is 1. The lowest BCUT2D eigenvalue weighted by Gasteiger charge is -2.27. The fraction of sp³-hybridized carbons (Fsp3) is 0.316. The fourth-order valence-electron chi connectivity index (χ4n) is 3.52. The zero-order valence-electron chi connectivity index (χ0n) is 15.0. The fourth-order valence-corrected chi connectivity index (χ4v) is 6.80. The molecule has 9 heteroatoms. The molecule has 0 N–H and O–H groups in total. The first-order chi connectivity index (χ1) is 13.4. The van der Waals surface area contributed by atoms with Gasteiger partial charge >= 0.3 is 0 Å². The van der Waals surface area contributed by atoms with Gasteiger partial charge in [-0.1, -0.05) is 45.9 Å². The second-order valence-corrected chi connectivity index (χ2v) is 10.7. The predicted octanol–water partition coefficient (Wildman–Crippen LogP) is 3.87. The molecule has 2 heterocycles. The molecule has 0 spiro atoms. The third-order valence-electron chi connectivity index (χ3n) is 4.82. The van der Waals surface area contributed by atoms with E-state index in [1.165, 1.54) is 17.8 Å². The maximum atomic E-state index is 14.2. The Bertz CT molecular complexity index is 1050. The van der Waals surface area contributed by atoms with E-state index in [1.807, 2.05) is 29.2 Å². The summed E-state index contributed by atoms with van der Waals surface area (Å²) in [5.74, 6) is 0.855. The summed E-state index contributed by atoms with van der Waals surface area (Å²) in [6.07, 6.45) is 0. The number of hydrogen-bond donors (Lipinski definition) is 0. The molecule has 28 heavy (non-hydrogen) atoms. The Hall–Kier alpha value is -1.58. The van der Waals surface area contributed by atoms with Crippen molar-refractivity contribution in [2.45, 2.75) is 17.8 Å². The molecule has 2 atom stereocenters. The number of methoxy groups -OCH3 is 1. The summed E-state index contributed by atoms with van der Waals surface area (Å²) in [4.78, 5) is 6.62. The lowest BCUT2D eigenvalue weighted by Crippen LogP contribution is -2.39. The van der Waals surface area contributed by atoms with Crippen LogP contribution in [0.2, 0.25) is 0 Å². The Balaban J connectivity index is 1.66. The van der Waals surface area contributed by atoms with Gasteiger partial charge in [0.2, 0.25) is 0 Å². The van der Waals surface area contributed by atoms with Gasteiger partial charge in [0.1, 0.15) is 11.6 Å². The summed E-state index contributed by atoms with van der Waals surface area (Å²) in [5.41, 5.74) is 1.35. The Morgan fingerprint density at radius 2 is 2.07 bits per heavy atom. The van der Waals surface area contributed by atoms with E-state index in [0.717, 1.165) is 5.69 Å². The van der Waals surface area contributed by atoms with Crippen LogP contribution >= 0.6 is 27.7 Å². The van der Waals surface area contributed by atoms with Crippen molar-refractivity contribution in [1.82, 2.24) is 0 Å². The molecule has 5 nitrogen and oxygen atoms in total. The number of anilines is 1. The third-order valence-corrected chi connectivity index (χ3v) is 8.03. The van der Waals surface area contributed by atoms with Crippen molar-refractivity contribution >= 4 is 48.4 Å². The van der Waals surface area contributed by atoms with Gasteiger partial charge in [-0.15, -0.1) is 0 Å². The van der Waals surface area contributed by atoms with E-state index < -0.39 is 9.84 Å². The molecule has 2 aliphatic heterocycles. The first-order valence-electron chi connectivity index (χ1n) is 8.65. The van der Waals surface area contributed by atoms with Crippen molar-refractivity contribution in [2.24, 2.45) is 4.99 Å². The minimum absolute atomic E-state index is 0.0417. The highest BCUT2D eigenvalue weighted by molar-refractivity contribution is 9.10. The van der Waals surface area contributed by atoms with Gasteiger partial charge in [-0.2, -0.15) is 0 Å². The van der Waals surface area contributed by atoms with Gasteiger partial charge in [0.15, 0.2) is 15.0 Å². The van der Waals surface area contributed by atoms with Crippen LogP contribution in [0.25, 0.3) is 0 Å². The summed E-state index contributed by atoms with van der Waals surface area (Å²) >= 11 is 4.67. The SMILES string of the molecule is COc1ccccc1N1C(SCc2ccc(Br)cc2F)=N[C@H]2CS(=O)(=O)C[C@@H]21. The van der Waals surface area contributed by atoms with Gasteiger partial charge in [0.25, 0.3) is 0 Å². The van der Waals surface area contributed by atoms with Crippen LogP contribution < -0.4 is 9.64 Å². The number of ether oxygens (including phenoxy) is 1. The molecular weight excluding hydrogens is 467 g/mol. The average molecular weight is 485 g/mol. The second kappa shape index (κ2) is 7.68. The molecule has 148 valence electrons. The predicted molar refractivity (Wildman–Crippen MR) is 115 cm³/mol.